The van der Waals surface area contributed by atoms with Crippen molar-refractivity contribution in [3.8, 4) is 5.75 Å². The molecular formula is C18H29F3N2OSi. The maximum Gasteiger partial charge on any atom is 0.420 e. The molecule has 1 unspecified atom stereocenters. The van der Waals surface area contributed by atoms with Crippen LogP contribution in [-0.4, -0.2) is 40.7 Å². The van der Waals surface area contributed by atoms with Crippen molar-refractivity contribution in [3.05, 3.63) is 23.3 Å². The number of hydrogen-bond acceptors (Lipinski definition) is 2. The first-order chi connectivity index (χ1) is 11.4. The topological polar surface area (TPSA) is 24.8 Å². The van der Waals surface area contributed by atoms with Gasteiger partial charge in [0.2, 0.25) is 0 Å². The average molecular weight is 375 g/mol. The van der Waals surface area contributed by atoms with E-state index in [1.165, 1.54) is 12.4 Å². The third-order valence-electron chi connectivity index (χ3n) is 4.67. The van der Waals surface area contributed by atoms with Gasteiger partial charge < -0.3 is 9.64 Å². The highest BCUT2D eigenvalue weighted by Crippen LogP contribution is 2.42. The first-order valence-electron chi connectivity index (χ1n) is 8.57. The van der Waals surface area contributed by atoms with Crippen LogP contribution in [0.1, 0.15) is 38.8 Å². The second-order valence-electron chi connectivity index (χ2n) is 6.97. The van der Waals surface area contributed by atoms with E-state index in [1.54, 1.807) is 11.8 Å². The van der Waals surface area contributed by atoms with Crippen LogP contribution in [0.3, 0.4) is 0 Å². The van der Waals surface area contributed by atoms with Crippen molar-refractivity contribution in [2.24, 2.45) is 10.9 Å². The van der Waals surface area contributed by atoms with E-state index in [-0.39, 0.29) is 11.7 Å². The molecule has 0 bridgehead atoms. The standard InChI is InChI=1S/C18H29F3N2OSi/c1-7-23(6)11-22-15-9-14(18(19,20)21)16(8-12(15)2)24-17(4,5)13(3)10-25/h8-9,11,13H,7,10H2,1-6,25H3. The van der Waals surface area contributed by atoms with Crippen LogP contribution >= 0.6 is 0 Å². The van der Waals surface area contributed by atoms with Crippen LogP contribution < -0.4 is 4.74 Å². The molecule has 0 aliphatic carbocycles. The minimum absolute atomic E-state index is 0.125. The van der Waals surface area contributed by atoms with E-state index in [4.69, 9.17) is 4.74 Å². The first kappa shape index (κ1) is 21.5. The maximum absolute atomic E-state index is 13.5. The molecular weight excluding hydrogens is 345 g/mol. The molecule has 1 aromatic rings. The fraction of sp³-hybridized carbons (Fsp3) is 0.611. The predicted octanol–water partition coefficient (Wildman–Crippen LogP) is 4.20. The zero-order valence-corrected chi connectivity index (χ0v) is 18.2. The Morgan fingerprint density at radius 1 is 1.32 bits per heavy atom. The Morgan fingerprint density at radius 2 is 1.92 bits per heavy atom. The number of aliphatic imine (C=N–C) groups is 1. The van der Waals surface area contributed by atoms with E-state index in [0.717, 1.165) is 28.9 Å². The van der Waals surface area contributed by atoms with Crippen LogP contribution in [0.4, 0.5) is 18.9 Å². The van der Waals surface area contributed by atoms with Crippen LogP contribution in [-0.2, 0) is 6.18 Å². The lowest BCUT2D eigenvalue weighted by atomic mass is 9.94. The summed E-state index contributed by atoms with van der Waals surface area (Å²) in [5.74, 6) is 0.0521. The van der Waals surface area contributed by atoms with Gasteiger partial charge in [-0.05, 0) is 51.3 Å². The summed E-state index contributed by atoms with van der Waals surface area (Å²) in [6, 6.07) is 3.48. The Bertz CT molecular complexity index is 615. The highest BCUT2D eigenvalue weighted by molar-refractivity contribution is 6.08. The van der Waals surface area contributed by atoms with E-state index in [0.29, 0.717) is 11.3 Å². The molecule has 0 spiro atoms. The Hall–Kier alpha value is -1.50. The molecule has 0 heterocycles. The number of nitrogens with zero attached hydrogens (tertiary/aromatic N) is 2. The van der Waals surface area contributed by atoms with Crippen molar-refractivity contribution in [1.82, 2.24) is 4.90 Å². The molecule has 25 heavy (non-hydrogen) atoms. The van der Waals surface area contributed by atoms with Crippen LogP contribution in [0, 0.1) is 12.8 Å². The van der Waals surface area contributed by atoms with Gasteiger partial charge in [0.25, 0.3) is 0 Å². The van der Waals surface area contributed by atoms with Crippen molar-refractivity contribution in [3.63, 3.8) is 0 Å². The Morgan fingerprint density at radius 3 is 2.40 bits per heavy atom. The highest BCUT2D eigenvalue weighted by atomic mass is 28.1. The van der Waals surface area contributed by atoms with Gasteiger partial charge in [-0.15, -0.1) is 0 Å². The number of halogens is 3. The SMILES string of the molecule is CCN(C)C=Nc1cc(C(F)(F)F)c(OC(C)(C)C(C)C[SiH3])cc1C. The summed E-state index contributed by atoms with van der Waals surface area (Å²) < 4.78 is 46.5. The molecule has 1 rings (SSSR count). The van der Waals surface area contributed by atoms with Crippen molar-refractivity contribution in [1.29, 1.82) is 0 Å². The fourth-order valence-corrected chi connectivity index (χ4v) is 3.22. The molecule has 142 valence electrons. The molecule has 0 saturated heterocycles. The summed E-state index contributed by atoms with van der Waals surface area (Å²) >= 11 is 0. The van der Waals surface area contributed by atoms with Gasteiger partial charge in [0.05, 0.1) is 17.6 Å². The lowest BCUT2D eigenvalue weighted by molar-refractivity contribution is -0.140. The number of hydrogen-bond donors (Lipinski definition) is 0. The number of ether oxygens (including phenoxy) is 1. The minimum Gasteiger partial charge on any atom is -0.487 e. The molecule has 0 aliphatic heterocycles. The third-order valence-corrected chi connectivity index (χ3v) is 5.89. The monoisotopic (exact) mass is 374 g/mol. The molecule has 7 heteroatoms. The van der Waals surface area contributed by atoms with E-state index < -0.39 is 17.3 Å². The molecule has 1 aromatic carbocycles. The normalized spacial score (nSPS) is 14.1. The van der Waals surface area contributed by atoms with Crippen LogP contribution in [0.5, 0.6) is 5.75 Å². The second-order valence-corrected chi connectivity index (χ2v) is 7.78. The predicted molar refractivity (Wildman–Crippen MR) is 101 cm³/mol. The third kappa shape index (κ3) is 5.76. The summed E-state index contributed by atoms with van der Waals surface area (Å²) in [5, 5.41) is 0. The minimum atomic E-state index is -4.50. The molecule has 1 atom stereocenters. The van der Waals surface area contributed by atoms with Gasteiger partial charge in [-0.2, -0.15) is 13.2 Å². The molecule has 0 saturated carbocycles. The van der Waals surface area contributed by atoms with Gasteiger partial charge in [-0.3, -0.25) is 0 Å². The molecule has 0 amide bonds. The Labute approximate surface area is 151 Å². The lowest BCUT2D eigenvalue weighted by Gasteiger charge is -2.33. The van der Waals surface area contributed by atoms with Gasteiger partial charge >= 0.3 is 6.18 Å². The van der Waals surface area contributed by atoms with Crippen molar-refractivity contribution in [2.45, 2.75) is 52.4 Å². The molecule has 0 radical (unpaired) electrons. The highest BCUT2D eigenvalue weighted by Gasteiger charge is 2.37. The van der Waals surface area contributed by atoms with E-state index in [1.807, 2.05) is 34.7 Å². The van der Waals surface area contributed by atoms with Crippen molar-refractivity contribution < 1.29 is 17.9 Å². The zero-order valence-electron chi connectivity index (χ0n) is 16.2. The summed E-state index contributed by atoms with van der Waals surface area (Å²) in [6.45, 7) is 10.1. The quantitative estimate of drug-likeness (QED) is 0.406. The summed E-state index contributed by atoms with van der Waals surface area (Å²) in [7, 11) is 2.80. The van der Waals surface area contributed by atoms with E-state index in [2.05, 4.69) is 4.99 Å². The maximum atomic E-state index is 13.5. The van der Waals surface area contributed by atoms with Gasteiger partial charge in [0.15, 0.2) is 0 Å². The second kappa shape index (κ2) is 8.25. The number of alkyl halides is 3. The van der Waals surface area contributed by atoms with Crippen molar-refractivity contribution in [2.75, 3.05) is 13.6 Å². The van der Waals surface area contributed by atoms with Crippen LogP contribution in [0.15, 0.2) is 17.1 Å². The molecule has 0 fully saturated rings. The Balaban J connectivity index is 3.35. The Kier molecular flexibility index (Phi) is 7.11. The van der Waals surface area contributed by atoms with Gasteiger partial charge in [0, 0.05) is 23.8 Å². The van der Waals surface area contributed by atoms with Crippen molar-refractivity contribution >= 4 is 22.3 Å². The molecule has 0 aliphatic rings. The number of benzene rings is 1. The average Bonchev–Trinajstić information content (AvgIpc) is 2.51. The first-order valence-corrected chi connectivity index (χ1v) is 9.99. The lowest BCUT2D eigenvalue weighted by Crippen LogP contribution is -2.36. The van der Waals surface area contributed by atoms with Gasteiger partial charge in [0.1, 0.15) is 11.4 Å². The fourth-order valence-electron chi connectivity index (χ4n) is 2.23. The summed E-state index contributed by atoms with van der Waals surface area (Å²) in [6.07, 6.45) is -2.96. The summed E-state index contributed by atoms with van der Waals surface area (Å²) in [5.41, 5.74) is -0.494. The molecule has 3 nitrogen and oxygen atoms in total. The zero-order chi connectivity index (χ0) is 19.4. The summed E-state index contributed by atoms with van der Waals surface area (Å²) in [4.78, 5) is 5.99. The van der Waals surface area contributed by atoms with Gasteiger partial charge in [-0.25, -0.2) is 4.99 Å². The van der Waals surface area contributed by atoms with E-state index >= 15 is 0 Å². The largest absolute Gasteiger partial charge is 0.487 e. The molecule has 0 aromatic heterocycles. The van der Waals surface area contributed by atoms with E-state index in [9.17, 15) is 13.2 Å². The molecule has 0 N–H and O–H groups in total. The van der Waals surface area contributed by atoms with Gasteiger partial charge in [-0.1, -0.05) is 13.0 Å². The van der Waals surface area contributed by atoms with Crippen LogP contribution in [0.25, 0.3) is 0 Å². The smallest absolute Gasteiger partial charge is 0.420 e. The number of aryl methyl sites for hydroxylation is 1. The van der Waals surface area contributed by atoms with Crippen LogP contribution in [0.2, 0.25) is 6.04 Å². The number of rotatable bonds is 7.